The third-order valence-corrected chi connectivity index (χ3v) is 3.63. The number of nitrogens with zero attached hydrogens (tertiary/aromatic N) is 2. The molecule has 2 rings (SSSR count). The van der Waals surface area contributed by atoms with Gasteiger partial charge in [-0.05, 0) is 30.2 Å². The van der Waals surface area contributed by atoms with Crippen LogP contribution in [0.25, 0.3) is 0 Å². The first-order chi connectivity index (χ1) is 8.27. The molecule has 0 amide bonds. The highest BCUT2D eigenvalue weighted by Gasteiger charge is 2.19. The molecule has 0 aliphatic carbocycles. The molecule has 0 saturated carbocycles. The Balaban J connectivity index is 2.16. The van der Waals surface area contributed by atoms with Gasteiger partial charge in [0.15, 0.2) is 0 Å². The molecule has 1 aromatic rings. The minimum atomic E-state index is 0.521. The van der Waals surface area contributed by atoms with E-state index in [2.05, 4.69) is 48.3 Å². The standard InChI is InChI=1S/C15H20N2/c1-12-7-6-10-16-17-15(13(12)2)11-14-8-4-3-5-9-14/h3-5,8-10,12-13H,6-7,11H2,1-2H3/b16-10+,17-15+. The van der Waals surface area contributed by atoms with Crippen LogP contribution in [0.5, 0.6) is 0 Å². The van der Waals surface area contributed by atoms with Crippen molar-refractivity contribution in [3.63, 3.8) is 0 Å². The Morgan fingerprint density at radius 3 is 2.71 bits per heavy atom. The molecule has 90 valence electrons. The van der Waals surface area contributed by atoms with Crippen molar-refractivity contribution >= 4 is 11.9 Å². The van der Waals surface area contributed by atoms with Crippen molar-refractivity contribution in [2.45, 2.75) is 33.1 Å². The van der Waals surface area contributed by atoms with Gasteiger partial charge in [0, 0.05) is 18.3 Å². The SMILES string of the molecule is CC1CC/C=N/N=C(\Cc2ccccc2)C1C. The van der Waals surface area contributed by atoms with Crippen molar-refractivity contribution in [3.8, 4) is 0 Å². The van der Waals surface area contributed by atoms with Crippen molar-refractivity contribution in [2.24, 2.45) is 22.0 Å². The van der Waals surface area contributed by atoms with E-state index in [0.29, 0.717) is 11.8 Å². The number of rotatable bonds is 2. The fourth-order valence-electron chi connectivity index (χ4n) is 2.18. The average molecular weight is 228 g/mol. The highest BCUT2D eigenvalue weighted by atomic mass is 15.2. The normalized spacial score (nSPS) is 29.9. The highest BCUT2D eigenvalue weighted by Crippen LogP contribution is 2.21. The predicted octanol–water partition coefficient (Wildman–Crippen LogP) is 3.72. The van der Waals surface area contributed by atoms with Gasteiger partial charge >= 0.3 is 0 Å². The van der Waals surface area contributed by atoms with E-state index in [1.807, 2.05) is 12.3 Å². The minimum absolute atomic E-state index is 0.521. The molecule has 2 atom stereocenters. The smallest absolute Gasteiger partial charge is 0.0480 e. The summed E-state index contributed by atoms with van der Waals surface area (Å²) in [6, 6.07) is 10.5. The largest absolute Gasteiger partial charge is 0.164 e. The van der Waals surface area contributed by atoms with Crippen LogP contribution < -0.4 is 0 Å². The Bertz CT molecular complexity index is 406. The maximum Gasteiger partial charge on any atom is 0.0480 e. The van der Waals surface area contributed by atoms with Gasteiger partial charge < -0.3 is 0 Å². The molecular formula is C15H20N2. The molecule has 0 N–H and O–H groups in total. The lowest BCUT2D eigenvalue weighted by molar-refractivity contribution is 0.452. The van der Waals surface area contributed by atoms with Crippen molar-refractivity contribution in [1.82, 2.24) is 0 Å². The first-order valence-electron chi connectivity index (χ1n) is 6.39. The molecule has 0 radical (unpaired) electrons. The summed E-state index contributed by atoms with van der Waals surface area (Å²) in [5, 5.41) is 8.55. The van der Waals surface area contributed by atoms with Crippen LogP contribution in [0, 0.1) is 11.8 Å². The van der Waals surface area contributed by atoms with Gasteiger partial charge in [0.25, 0.3) is 0 Å². The molecule has 2 heteroatoms. The summed E-state index contributed by atoms with van der Waals surface area (Å²) >= 11 is 0. The van der Waals surface area contributed by atoms with Crippen molar-refractivity contribution in [3.05, 3.63) is 35.9 Å². The van der Waals surface area contributed by atoms with Gasteiger partial charge in [-0.3, -0.25) is 0 Å². The first kappa shape index (κ1) is 12.0. The predicted molar refractivity (Wildman–Crippen MR) is 73.6 cm³/mol. The molecule has 0 saturated heterocycles. The summed E-state index contributed by atoms with van der Waals surface area (Å²) in [4.78, 5) is 0. The lowest BCUT2D eigenvalue weighted by Crippen LogP contribution is -2.22. The van der Waals surface area contributed by atoms with Crippen molar-refractivity contribution < 1.29 is 0 Å². The molecular weight excluding hydrogens is 208 g/mol. The van der Waals surface area contributed by atoms with E-state index < -0.39 is 0 Å². The monoisotopic (exact) mass is 228 g/mol. The van der Waals surface area contributed by atoms with Crippen LogP contribution in [-0.4, -0.2) is 11.9 Å². The van der Waals surface area contributed by atoms with Crippen LogP contribution in [0.4, 0.5) is 0 Å². The number of hydrogen-bond donors (Lipinski definition) is 0. The lowest BCUT2D eigenvalue weighted by Gasteiger charge is -2.22. The van der Waals surface area contributed by atoms with E-state index in [1.165, 1.54) is 17.7 Å². The molecule has 1 aromatic carbocycles. The minimum Gasteiger partial charge on any atom is -0.164 e. The van der Waals surface area contributed by atoms with E-state index in [1.54, 1.807) is 0 Å². The maximum atomic E-state index is 4.40. The third-order valence-electron chi connectivity index (χ3n) is 3.63. The van der Waals surface area contributed by atoms with Crippen LogP contribution >= 0.6 is 0 Å². The van der Waals surface area contributed by atoms with E-state index >= 15 is 0 Å². The first-order valence-corrected chi connectivity index (χ1v) is 6.39. The molecule has 1 heterocycles. The zero-order valence-corrected chi connectivity index (χ0v) is 10.6. The maximum absolute atomic E-state index is 4.40. The van der Waals surface area contributed by atoms with Crippen LogP contribution in [0.3, 0.4) is 0 Å². The Morgan fingerprint density at radius 1 is 1.18 bits per heavy atom. The second-order valence-corrected chi connectivity index (χ2v) is 4.90. The summed E-state index contributed by atoms with van der Waals surface area (Å²) in [6.07, 6.45) is 5.11. The molecule has 17 heavy (non-hydrogen) atoms. The van der Waals surface area contributed by atoms with Gasteiger partial charge in [-0.1, -0.05) is 44.2 Å². The van der Waals surface area contributed by atoms with Gasteiger partial charge in [0.1, 0.15) is 0 Å². The van der Waals surface area contributed by atoms with Gasteiger partial charge in [-0.25, -0.2) is 0 Å². The summed E-state index contributed by atoms with van der Waals surface area (Å²) in [5.41, 5.74) is 2.53. The van der Waals surface area contributed by atoms with Crippen LogP contribution in [0.2, 0.25) is 0 Å². The second kappa shape index (κ2) is 5.76. The summed E-state index contributed by atoms with van der Waals surface area (Å²) in [6.45, 7) is 4.58. The average Bonchev–Trinajstić information content (AvgIpc) is 2.36. The fourth-order valence-corrected chi connectivity index (χ4v) is 2.18. The Morgan fingerprint density at radius 2 is 1.94 bits per heavy atom. The molecule has 0 bridgehead atoms. The molecule has 0 spiro atoms. The van der Waals surface area contributed by atoms with E-state index in [-0.39, 0.29) is 0 Å². The third kappa shape index (κ3) is 3.26. The quantitative estimate of drug-likeness (QED) is 0.737. The molecule has 1 aliphatic heterocycles. The summed E-state index contributed by atoms with van der Waals surface area (Å²) in [5.74, 6) is 1.21. The number of benzene rings is 1. The fraction of sp³-hybridized carbons (Fsp3) is 0.467. The Labute approximate surface area is 103 Å². The zero-order chi connectivity index (χ0) is 12.1. The van der Waals surface area contributed by atoms with E-state index in [4.69, 9.17) is 0 Å². The summed E-state index contributed by atoms with van der Waals surface area (Å²) in [7, 11) is 0. The van der Waals surface area contributed by atoms with Gasteiger partial charge in [-0.15, -0.1) is 0 Å². The number of hydrogen-bond acceptors (Lipinski definition) is 2. The summed E-state index contributed by atoms with van der Waals surface area (Å²) < 4.78 is 0. The van der Waals surface area contributed by atoms with E-state index in [9.17, 15) is 0 Å². The van der Waals surface area contributed by atoms with Crippen LogP contribution in [0.1, 0.15) is 32.3 Å². The highest BCUT2D eigenvalue weighted by molar-refractivity contribution is 5.89. The Hall–Kier alpha value is -1.44. The van der Waals surface area contributed by atoms with E-state index in [0.717, 1.165) is 12.8 Å². The molecule has 2 nitrogen and oxygen atoms in total. The molecule has 0 aromatic heterocycles. The van der Waals surface area contributed by atoms with Gasteiger partial charge in [-0.2, -0.15) is 10.2 Å². The van der Waals surface area contributed by atoms with Gasteiger partial charge in [0.05, 0.1) is 0 Å². The van der Waals surface area contributed by atoms with Gasteiger partial charge in [0.2, 0.25) is 0 Å². The second-order valence-electron chi connectivity index (χ2n) is 4.90. The topological polar surface area (TPSA) is 24.7 Å². The van der Waals surface area contributed by atoms with Crippen molar-refractivity contribution in [2.75, 3.05) is 0 Å². The zero-order valence-electron chi connectivity index (χ0n) is 10.6. The van der Waals surface area contributed by atoms with Crippen LogP contribution in [-0.2, 0) is 6.42 Å². The van der Waals surface area contributed by atoms with Crippen molar-refractivity contribution in [1.29, 1.82) is 0 Å². The Kier molecular flexibility index (Phi) is 4.08. The molecule has 1 aliphatic rings. The van der Waals surface area contributed by atoms with Crippen LogP contribution in [0.15, 0.2) is 40.5 Å². The lowest BCUT2D eigenvalue weighted by atomic mass is 9.85. The molecule has 0 fully saturated rings. The molecule has 2 unspecified atom stereocenters.